The Hall–Kier alpha value is -2.40. The average Bonchev–Trinajstić information content (AvgIpc) is 2.86. The number of hydrogen-bond acceptors (Lipinski definition) is 3. The van der Waals surface area contributed by atoms with Gasteiger partial charge < -0.3 is 11.1 Å². The summed E-state index contributed by atoms with van der Waals surface area (Å²) in [6, 6.07) is 5.47. The molecule has 0 aliphatic heterocycles. The third-order valence-electron chi connectivity index (χ3n) is 3.09. The number of H-pyrrole nitrogens is 1. The van der Waals surface area contributed by atoms with Gasteiger partial charge in [-0.3, -0.25) is 9.89 Å². The van der Waals surface area contributed by atoms with Crippen LogP contribution in [0.15, 0.2) is 36.4 Å². The van der Waals surface area contributed by atoms with Crippen molar-refractivity contribution in [1.82, 2.24) is 15.5 Å². The zero-order chi connectivity index (χ0) is 15.4. The molecule has 1 aromatic heterocycles. The molecule has 0 radical (unpaired) electrons. The number of allylic oxidation sites excluding steroid dienone is 3. The number of amides is 1. The molecule has 110 valence electrons. The molecule has 0 aliphatic carbocycles. The van der Waals surface area contributed by atoms with Gasteiger partial charge >= 0.3 is 0 Å². The van der Waals surface area contributed by atoms with Crippen molar-refractivity contribution in [2.24, 2.45) is 5.73 Å². The SMILES string of the molecule is C=C(C)/C=C(\C)c1n[nH]c2ccc(C(=O)NCCN)cc12. The second-order valence-electron chi connectivity index (χ2n) is 5.05. The number of benzene rings is 1. The van der Waals surface area contributed by atoms with Gasteiger partial charge in [0.25, 0.3) is 5.91 Å². The van der Waals surface area contributed by atoms with Gasteiger partial charge in [0.15, 0.2) is 0 Å². The lowest BCUT2D eigenvalue weighted by Crippen LogP contribution is -2.28. The second kappa shape index (κ2) is 6.37. The van der Waals surface area contributed by atoms with E-state index in [2.05, 4.69) is 22.1 Å². The van der Waals surface area contributed by atoms with Crippen molar-refractivity contribution in [2.45, 2.75) is 13.8 Å². The first-order chi connectivity index (χ1) is 10.0. The summed E-state index contributed by atoms with van der Waals surface area (Å²) in [4.78, 5) is 12.0. The van der Waals surface area contributed by atoms with Crippen LogP contribution < -0.4 is 11.1 Å². The third kappa shape index (κ3) is 3.38. The van der Waals surface area contributed by atoms with Gasteiger partial charge in [0, 0.05) is 24.0 Å². The van der Waals surface area contributed by atoms with E-state index >= 15 is 0 Å². The van der Waals surface area contributed by atoms with Gasteiger partial charge in [0.2, 0.25) is 0 Å². The number of hydrogen-bond donors (Lipinski definition) is 3. The Morgan fingerprint density at radius 1 is 1.48 bits per heavy atom. The van der Waals surface area contributed by atoms with E-state index in [-0.39, 0.29) is 5.91 Å². The Morgan fingerprint density at radius 2 is 2.24 bits per heavy atom. The molecule has 0 spiro atoms. The fourth-order valence-corrected chi connectivity index (χ4v) is 2.18. The maximum atomic E-state index is 12.0. The first-order valence-corrected chi connectivity index (χ1v) is 6.83. The molecule has 5 nitrogen and oxygen atoms in total. The van der Waals surface area contributed by atoms with Crippen LogP contribution in [0.25, 0.3) is 16.5 Å². The van der Waals surface area contributed by atoms with Crippen LogP contribution in [0.3, 0.4) is 0 Å². The lowest BCUT2D eigenvalue weighted by Gasteiger charge is -2.04. The Bertz CT molecular complexity index is 712. The lowest BCUT2D eigenvalue weighted by atomic mass is 10.0. The molecule has 1 aromatic carbocycles. The molecule has 0 saturated carbocycles. The van der Waals surface area contributed by atoms with Crippen LogP contribution in [-0.2, 0) is 0 Å². The van der Waals surface area contributed by atoms with E-state index in [9.17, 15) is 4.79 Å². The summed E-state index contributed by atoms with van der Waals surface area (Å²) in [5.74, 6) is -0.129. The molecular weight excluding hydrogens is 264 g/mol. The molecule has 0 fully saturated rings. The minimum atomic E-state index is -0.129. The minimum Gasteiger partial charge on any atom is -0.351 e. The van der Waals surface area contributed by atoms with Crippen LogP contribution in [0.4, 0.5) is 0 Å². The standard InChI is InChI=1S/C16H20N4O/c1-10(2)8-11(3)15-13-9-12(16(21)18-7-6-17)4-5-14(13)19-20-15/h4-5,8-9H,1,6-7,17H2,2-3H3,(H,18,21)(H,19,20)/b11-8+. The Labute approximate surface area is 123 Å². The van der Waals surface area contributed by atoms with E-state index in [1.165, 1.54) is 0 Å². The molecule has 0 unspecified atom stereocenters. The minimum absolute atomic E-state index is 0.129. The van der Waals surface area contributed by atoms with Crippen LogP contribution >= 0.6 is 0 Å². The first kappa shape index (κ1) is 15.0. The van der Waals surface area contributed by atoms with Crippen molar-refractivity contribution < 1.29 is 4.79 Å². The number of carbonyl (C=O) groups is 1. The predicted molar refractivity (Wildman–Crippen MR) is 85.9 cm³/mol. The third-order valence-corrected chi connectivity index (χ3v) is 3.09. The molecule has 5 heteroatoms. The number of aromatic nitrogens is 2. The van der Waals surface area contributed by atoms with Crippen molar-refractivity contribution >= 4 is 22.4 Å². The molecule has 1 amide bonds. The summed E-state index contributed by atoms with van der Waals surface area (Å²) in [6.45, 7) is 8.67. The monoisotopic (exact) mass is 284 g/mol. The van der Waals surface area contributed by atoms with E-state index in [0.717, 1.165) is 27.7 Å². The molecule has 0 bridgehead atoms. The average molecular weight is 284 g/mol. The van der Waals surface area contributed by atoms with Crippen LogP contribution in [0.2, 0.25) is 0 Å². The highest BCUT2D eigenvalue weighted by molar-refractivity contribution is 6.00. The number of carbonyl (C=O) groups excluding carboxylic acids is 1. The highest BCUT2D eigenvalue weighted by Gasteiger charge is 2.11. The van der Waals surface area contributed by atoms with Gasteiger partial charge in [-0.15, -0.1) is 0 Å². The van der Waals surface area contributed by atoms with Crippen molar-refractivity contribution in [3.05, 3.63) is 47.7 Å². The molecular formula is C16H20N4O. The smallest absolute Gasteiger partial charge is 0.251 e. The molecule has 0 saturated heterocycles. The van der Waals surface area contributed by atoms with E-state index in [1.54, 1.807) is 6.07 Å². The van der Waals surface area contributed by atoms with Crippen LogP contribution in [0, 0.1) is 0 Å². The molecule has 0 atom stereocenters. The molecule has 2 rings (SSSR count). The largest absolute Gasteiger partial charge is 0.351 e. The van der Waals surface area contributed by atoms with E-state index in [4.69, 9.17) is 5.73 Å². The van der Waals surface area contributed by atoms with E-state index in [0.29, 0.717) is 18.7 Å². The number of aromatic amines is 1. The van der Waals surface area contributed by atoms with E-state index in [1.807, 2.05) is 32.1 Å². The zero-order valence-corrected chi connectivity index (χ0v) is 12.4. The Morgan fingerprint density at radius 3 is 2.90 bits per heavy atom. The Balaban J connectivity index is 2.42. The van der Waals surface area contributed by atoms with Gasteiger partial charge in [0.05, 0.1) is 11.2 Å². The van der Waals surface area contributed by atoms with Crippen LogP contribution in [0.1, 0.15) is 29.9 Å². The van der Waals surface area contributed by atoms with Crippen molar-refractivity contribution in [3.8, 4) is 0 Å². The zero-order valence-electron chi connectivity index (χ0n) is 12.4. The van der Waals surface area contributed by atoms with Crippen molar-refractivity contribution in [1.29, 1.82) is 0 Å². The molecule has 0 aliphatic rings. The lowest BCUT2D eigenvalue weighted by molar-refractivity contribution is 0.0955. The molecule has 2 aromatic rings. The number of rotatable bonds is 5. The summed E-state index contributed by atoms with van der Waals surface area (Å²) in [5, 5.41) is 11.0. The number of nitrogens with zero attached hydrogens (tertiary/aromatic N) is 1. The van der Waals surface area contributed by atoms with Crippen molar-refractivity contribution in [3.63, 3.8) is 0 Å². The Kier molecular flexibility index (Phi) is 4.55. The summed E-state index contributed by atoms with van der Waals surface area (Å²) in [5.41, 5.74) is 9.69. The summed E-state index contributed by atoms with van der Waals surface area (Å²) < 4.78 is 0. The van der Waals surface area contributed by atoms with Gasteiger partial charge in [-0.05, 0) is 37.6 Å². The van der Waals surface area contributed by atoms with Gasteiger partial charge in [-0.25, -0.2) is 0 Å². The summed E-state index contributed by atoms with van der Waals surface area (Å²) in [6.07, 6.45) is 1.97. The first-order valence-electron chi connectivity index (χ1n) is 6.83. The van der Waals surface area contributed by atoms with Crippen LogP contribution in [-0.4, -0.2) is 29.2 Å². The fourth-order valence-electron chi connectivity index (χ4n) is 2.18. The highest BCUT2D eigenvalue weighted by Crippen LogP contribution is 2.24. The summed E-state index contributed by atoms with van der Waals surface area (Å²) >= 11 is 0. The predicted octanol–water partition coefficient (Wildman–Crippen LogP) is 2.23. The van der Waals surface area contributed by atoms with Crippen molar-refractivity contribution in [2.75, 3.05) is 13.1 Å². The van der Waals surface area contributed by atoms with Crippen LogP contribution in [0.5, 0.6) is 0 Å². The highest BCUT2D eigenvalue weighted by atomic mass is 16.1. The number of nitrogens with two attached hydrogens (primary N) is 1. The quantitative estimate of drug-likeness (QED) is 0.736. The topological polar surface area (TPSA) is 83.8 Å². The normalized spacial score (nSPS) is 11.7. The van der Waals surface area contributed by atoms with Gasteiger partial charge in [-0.2, -0.15) is 5.10 Å². The molecule has 4 N–H and O–H groups in total. The second-order valence-corrected chi connectivity index (χ2v) is 5.05. The summed E-state index contributed by atoms with van der Waals surface area (Å²) in [7, 11) is 0. The maximum absolute atomic E-state index is 12.0. The number of fused-ring (bicyclic) bond motifs is 1. The van der Waals surface area contributed by atoms with Gasteiger partial charge in [-0.1, -0.05) is 18.2 Å². The van der Waals surface area contributed by atoms with E-state index < -0.39 is 0 Å². The van der Waals surface area contributed by atoms with Gasteiger partial charge in [0.1, 0.15) is 0 Å². The maximum Gasteiger partial charge on any atom is 0.251 e. The molecule has 21 heavy (non-hydrogen) atoms. The fraction of sp³-hybridized carbons (Fsp3) is 0.250. The molecule has 1 heterocycles. The number of nitrogens with one attached hydrogen (secondary N) is 2.